The van der Waals surface area contributed by atoms with Crippen LogP contribution in [0.15, 0.2) is 36.7 Å². The van der Waals surface area contributed by atoms with E-state index < -0.39 is 11.9 Å². The highest BCUT2D eigenvalue weighted by atomic mass is 16.4. The zero-order chi connectivity index (χ0) is 20.3. The minimum absolute atomic E-state index is 0.0756. The normalized spacial score (nSPS) is 13.2. The molecule has 1 saturated carbocycles. The van der Waals surface area contributed by atoms with E-state index in [2.05, 4.69) is 4.98 Å². The van der Waals surface area contributed by atoms with Crippen LogP contribution in [0, 0.1) is 5.92 Å². The summed E-state index contributed by atoms with van der Waals surface area (Å²) in [5, 5.41) is 18.4. The average Bonchev–Trinajstić information content (AvgIpc) is 3.50. The van der Waals surface area contributed by atoms with E-state index in [0.717, 1.165) is 18.4 Å². The molecule has 2 aromatic rings. The Balaban J connectivity index is 1.99. The second kappa shape index (κ2) is 8.21. The Labute approximate surface area is 162 Å². The molecule has 1 amide bonds. The minimum atomic E-state index is -1.04. The molecule has 0 atom stereocenters. The molecule has 0 saturated heterocycles. The number of nitrogens with zero attached hydrogens (tertiary/aromatic N) is 2. The Hall–Kier alpha value is -3.22. The number of aliphatic carboxylic acids is 1. The lowest BCUT2D eigenvalue weighted by molar-refractivity contribution is -0.136. The number of pyridine rings is 1. The first-order chi connectivity index (χ1) is 13.4. The number of amides is 1. The van der Waals surface area contributed by atoms with Gasteiger partial charge in [-0.2, -0.15) is 0 Å². The lowest BCUT2D eigenvalue weighted by Crippen LogP contribution is -2.31. The number of carboxylic acids is 2. The maximum absolute atomic E-state index is 12.5. The highest BCUT2D eigenvalue weighted by Crippen LogP contribution is 2.33. The average molecular weight is 382 g/mol. The Bertz CT molecular complexity index is 921. The number of carboxylic acid groups (broad SMARTS) is 2. The molecule has 146 valence electrons. The molecule has 1 aromatic carbocycles. The van der Waals surface area contributed by atoms with Crippen LogP contribution in [0.2, 0.25) is 0 Å². The van der Waals surface area contributed by atoms with Gasteiger partial charge >= 0.3 is 11.9 Å². The number of aromatic carboxylic acids is 1. The highest BCUT2D eigenvalue weighted by Gasteiger charge is 2.33. The topological polar surface area (TPSA) is 108 Å². The van der Waals surface area contributed by atoms with Gasteiger partial charge in [0.1, 0.15) is 0 Å². The number of carbonyl (C=O) groups is 3. The lowest BCUT2D eigenvalue weighted by atomic mass is 9.96. The number of hydrogen-bond donors (Lipinski definition) is 2. The van der Waals surface area contributed by atoms with Crippen molar-refractivity contribution in [1.29, 1.82) is 0 Å². The number of carbonyl (C=O) groups excluding carboxylic acids is 1. The van der Waals surface area contributed by atoms with Crippen molar-refractivity contribution in [1.82, 2.24) is 9.88 Å². The molecule has 1 fully saturated rings. The second-order valence-corrected chi connectivity index (χ2v) is 6.96. The molecule has 0 bridgehead atoms. The number of hydrogen-bond acceptors (Lipinski definition) is 4. The molecule has 0 unspecified atom stereocenters. The summed E-state index contributed by atoms with van der Waals surface area (Å²) >= 11 is 0. The Morgan fingerprint density at radius 1 is 1.14 bits per heavy atom. The van der Waals surface area contributed by atoms with Gasteiger partial charge in [-0.1, -0.05) is 6.07 Å². The van der Waals surface area contributed by atoms with Gasteiger partial charge in [-0.05, 0) is 54.7 Å². The fraction of sp³-hybridized carbons (Fsp3) is 0.333. The fourth-order valence-corrected chi connectivity index (χ4v) is 3.19. The van der Waals surface area contributed by atoms with E-state index in [1.54, 1.807) is 29.3 Å². The standard InChI is InChI=1S/C21H22N2O5/c1-2-23(20(26)14-3-4-14)12-17-9-15(21(27)28)5-6-18(17)16-7-13(8-19(24)25)10-22-11-16/h5-7,9-11,14H,2-4,8,12H2,1H3,(H,24,25)(H,27,28). The van der Waals surface area contributed by atoms with Crippen molar-refractivity contribution in [2.75, 3.05) is 6.54 Å². The van der Waals surface area contributed by atoms with Crippen LogP contribution < -0.4 is 0 Å². The first-order valence-corrected chi connectivity index (χ1v) is 9.20. The van der Waals surface area contributed by atoms with E-state index >= 15 is 0 Å². The first kappa shape index (κ1) is 19.5. The van der Waals surface area contributed by atoms with Crippen molar-refractivity contribution in [2.24, 2.45) is 5.92 Å². The van der Waals surface area contributed by atoms with Gasteiger partial charge in [0.05, 0.1) is 12.0 Å². The van der Waals surface area contributed by atoms with Crippen LogP contribution in [0.25, 0.3) is 11.1 Å². The van der Waals surface area contributed by atoms with Crippen molar-refractivity contribution in [3.8, 4) is 11.1 Å². The molecule has 2 N–H and O–H groups in total. The zero-order valence-electron chi connectivity index (χ0n) is 15.6. The molecule has 0 spiro atoms. The van der Waals surface area contributed by atoms with Crippen LogP contribution in [0.3, 0.4) is 0 Å². The molecular weight excluding hydrogens is 360 g/mol. The summed E-state index contributed by atoms with van der Waals surface area (Å²) in [4.78, 5) is 40.8. The monoisotopic (exact) mass is 382 g/mol. The summed E-state index contributed by atoms with van der Waals surface area (Å²) in [5.74, 6) is -1.83. The van der Waals surface area contributed by atoms with Crippen LogP contribution in [-0.4, -0.2) is 44.5 Å². The Morgan fingerprint density at radius 2 is 1.89 bits per heavy atom. The Morgan fingerprint density at radius 3 is 2.50 bits per heavy atom. The third kappa shape index (κ3) is 4.54. The number of rotatable bonds is 8. The van der Waals surface area contributed by atoms with Gasteiger partial charge in [0, 0.05) is 37.0 Å². The van der Waals surface area contributed by atoms with E-state index in [-0.39, 0.29) is 23.8 Å². The molecule has 1 aromatic heterocycles. The molecule has 7 heteroatoms. The quantitative estimate of drug-likeness (QED) is 0.727. The molecule has 0 radical (unpaired) electrons. The number of aromatic nitrogens is 1. The van der Waals surface area contributed by atoms with Gasteiger partial charge in [-0.15, -0.1) is 0 Å². The van der Waals surface area contributed by atoms with Gasteiger partial charge in [-0.3, -0.25) is 14.6 Å². The van der Waals surface area contributed by atoms with Crippen molar-refractivity contribution in [2.45, 2.75) is 32.7 Å². The zero-order valence-corrected chi connectivity index (χ0v) is 15.6. The predicted octanol–water partition coefficient (Wildman–Crippen LogP) is 2.83. The molecule has 1 heterocycles. The van der Waals surface area contributed by atoms with Gasteiger partial charge in [0.15, 0.2) is 0 Å². The van der Waals surface area contributed by atoms with E-state index in [0.29, 0.717) is 29.8 Å². The molecule has 0 aliphatic heterocycles. The first-order valence-electron chi connectivity index (χ1n) is 9.20. The summed E-state index contributed by atoms with van der Waals surface area (Å²) in [5.41, 5.74) is 2.83. The fourth-order valence-electron chi connectivity index (χ4n) is 3.19. The summed E-state index contributed by atoms with van der Waals surface area (Å²) in [6.07, 6.45) is 4.77. The van der Waals surface area contributed by atoms with Crippen molar-refractivity contribution >= 4 is 17.8 Å². The summed E-state index contributed by atoms with van der Waals surface area (Å²) in [6, 6.07) is 6.50. The van der Waals surface area contributed by atoms with Crippen LogP contribution in [0.4, 0.5) is 0 Å². The SMILES string of the molecule is CCN(Cc1cc(C(=O)O)ccc1-c1cncc(CC(=O)O)c1)C(=O)C1CC1. The van der Waals surface area contributed by atoms with Crippen LogP contribution in [-0.2, 0) is 22.6 Å². The maximum atomic E-state index is 12.5. The molecule has 1 aliphatic rings. The predicted molar refractivity (Wildman–Crippen MR) is 102 cm³/mol. The third-order valence-electron chi connectivity index (χ3n) is 4.79. The van der Waals surface area contributed by atoms with Crippen molar-refractivity contribution in [3.63, 3.8) is 0 Å². The number of benzene rings is 1. The summed E-state index contributed by atoms with van der Waals surface area (Å²) in [7, 11) is 0. The Kier molecular flexibility index (Phi) is 5.73. The van der Waals surface area contributed by atoms with Gasteiger partial charge in [-0.25, -0.2) is 4.79 Å². The van der Waals surface area contributed by atoms with Crippen molar-refractivity contribution in [3.05, 3.63) is 53.3 Å². The van der Waals surface area contributed by atoms with Crippen LogP contribution in [0.5, 0.6) is 0 Å². The second-order valence-electron chi connectivity index (χ2n) is 6.96. The minimum Gasteiger partial charge on any atom is -0.481 e. The maximum Gasteiger partial charge on any atom is 0.335 e. The van der Waals surface area contributed by atoms with Crippen molar-refractivity contribution < 1.29 is 24.6 Å². The lowest BCUT2D eigenvalue weighted by Gasteiger charge is -2.23. The smallest absolute Gasteiger partial charge is 0.335 e. The highest BCUT2D eigenvalue weighted by molar-refractivity contribution is 5.89. The molecule has 7 nitrogen and oxygen atoms in total. The molecular formula is C21H22N2O5. The largest absolute Gasteiger partial charge is 0.481 e. The molecule has 1 aliphatic carbocycles. The van der Waals surface area contributed by atoms with E-state index in [1.807, 2.05) is 6.92 Å². The van der Waals surface area contributed by atoms with Crippen LogP contribution in [0.1, 0.15) is 41.3 Å². The third-order valence-corrected chi connectivity index (χ3v) is 4.79. The van der Waals surface area contributed by atoms with Gasteiger partial charge < -0.3 is 15.1 Å². The van der Waals surface area contributed by atoms with E-state index in [9.17, 15) is 19.5 Å². The van der Waals surface area contributed by atoms with Gasteiger partial charge in [0.25, 0.3) is 0 Å². The molecule has 28 heavy (non-hydrogen) atoms. The summed E-state index contributed by atoms with van der Waals surface area (Å²) < 4.78 is 0. The van der Waals surface area contributed by atoms with E-state index in [1.165, 1.54) is 12.3 Å². The van der Waals surface area contributed by atoms with Crippen LogP contribution >= 0.6 is 0 Å². The van der Waals surface area contributed by atoms with E-state index in [4.69, 9.17) is 5.11 Å². The molecule has 3 rings (SSSR count). The van der Waals surface area contributed by atoms with Gasteiger partial charge in [0.2, 0.25) is 5.91 Å². The summed E-state index contributed by atoms with van der Waals surface area (Å²) in [6.45, 7) is 2.73.